The SMILES string of the molecule is CCOc1ccc(C(=O)Nc2cccc(-c3nc4ncccc4o3)c2C)cc1[N+](=O)[O-]. The minimum Gasteiger partial charge on any atom is -0.487 e. The number of nitro benzene ring substituents is 1. The zero-order chi connectivity index (χ0) is 22.0. The molecule has 31 heavy (non-hydrogen) atoms. The number of ether oxygens (including phenoxy) is 1. The maximum Gasteiger partial charge on any atom is 0.311 e. The van der Waals surface area contributed by atoms with Gasteiger partial charge in [-0.25, -0.2) is 4.98 Å². The average Bonchev–Trinajstić information content (AvgIpc) is 3.19. The maximum atomic E-state index is 12.8. The standard InChI is InChI=1S/C22H18N4O5/c1-3-30-18-10-9-14(12-17(18)26(28)29)21(27)24-16-7-4-6-15(13(16)2)22-25-20-19(31-22)8-5-11-23-20/h4-12H,3H2,1-2H3,(H,24,27). The minimum atomic E-state index is -0.574. The molecule has 0 aliphatic heterocycles. The van der Waals surface area contributed by atoms with Crippen molar-refractivity contribution in [2.24, 2.45) is 0 Å². The van der Waals surface area contributed by atoms with Gasteiger partial charge in [0.1, 0.15) is 0 Å². The second kappa shape index (κ2) is 8.23. The Kier molecular flexibility index (Phi) is 5.31. The molecule has 0 radical (unpaired) electrons. The number of hydrogen-bond donors (Lipinski definition) is 1. The van der Waals surface area contributed by atoms with Crippen LogP contribution < -0.4 is 10.1 Å². The lowest BCUT2D eigenvalue weighted by Crippen LogP contribution is -2.13. The van der Waals surface area contributed by atoms with Crippen LogP contribution in [0.3, 0.4) is 0 Å². The highest BCUT2D eigenvalue weighted by Gasteiger charge is 2.20. The van der Waals surface area contributed by atoms with E-state index in [1.807, 2.05) is 13.0 Å². The highest BCUT2D eigenvalue weighted by atomic mass is 16.6. The molecule has 9 nitrogen and oxygen atoms in total. The predicted molar refractivity (Wildman–Crippen MR) is 114 cm³/mol. The van der Waals surface area contributed by atoms with Crippen molar-refractivity contribution in [2.45, 2.75) is 13.8 Å². The van der Waals surface area contributed by atoms with Crippen molar-refractivity contribution >= 4 is 28.5 Å². The van der Waals surface area contributed by atoms with E-state index in [2.05, 4.69) is 15.3 Å². The third kappa shape index (κ3) is 3.93. The number of nitrogens with one attached hydrogen (secondary N) is 1. The summed E-state index contributed by atoms with van der Waals surface area (Å²) in [5, 5.41) is 14.1. The summed E-state index contributed by atoms with van der Waals surface area (Å²) >= 11 is 0. The van der Waals surface area contributed by atoms with Crippen molar-refractivity contribution in [1.29, 1.82) is 0 Å². The van der Waals surface area contributed by atoms with Crippen molar-refractivity contribution in [1.82, 2.24) is 9.97 Å². The molecule has 2 aromatic carbocycles. The van der Waals surface area contributed by atoms with E-state index in [4.69, 9.17) is 9.15 Å². The smallest absolute Gasteiger partial charge is 0.311 e. The van der Waals surface area contributed by atoms with Gasteiger partial charge in [-0.15, -0.1) is 0 Å². The molecule has 9 heteroatoms. The first kappa shape index (κ1) is 20.0. The number of oxazole rings is 1. The van der Waals surface area contributed by atoms with Gasteiger partial charge in [0.2, 0.25) is 5.89 Å². The van der Waals surface area contributed by atoms with Gasteiger partial charge in [-0.2, -0.15) is 4.98 Å². The molecule has 0 saturated heterocycles. The van der Waals surface area contributed by atoms with Crippen LogP contribution in [0.25, 0.3) is 22.7 Å². The molecule has 0 unspecified atom stereocenters. The summed E-state index contributed by atoms with van der Waals surface area (Å²) in [6, 6.07) is 13.0. The Labute approximate surface area is 176 Å². The summed E-state index contributed by atoms with van der Waals surface area (Å²) in [5.74, 6) is 0.0245. The summed E-state index contributed by atoms with van der Waals surface area (Å²) < 4.78 is 11.0. The number of nitro groups is 1. The Hall–Kier alpha value is -4.27. The van der Waals surface area contributed by atoms with Gasteiger partial charge < -0.3 is 14.5 Å². The second-order valence-corrected chi connectivity index (χ2v) is 6.65. The van der Waals surface area contributed by atoms with E-state index in [0.29, 0.717) is 28.4 Å². The predicted octanol–water partition coefficient (Wildman–Crippen LogP) is 4.76. The van der Waals surface area contributed by atoms with Crippen LogP contribution >= 0.6 is 0 Å². The van der Waals surface area contributed by atoms with E-state index < -0.39 is 10.8 Å². The summed E-state index contributed by atoms with van der Waals surface area (Å²) in [5.41, 5.74) is 2.91. The van der Waals surface area contributed by atoms with Crippen molar-refractivity contribution in [2.75, 3.05) is 11.9 Å². The quantitative estimate of drug-likeness (QED) is 0.354. The second-order valence-electron chi connectivity index (χ2n) is 6.65. The van der Waals surface area contributed by atoms with Crippen LogP contribution in [0.2, 0.25) is 0 Å². The Morgan fingerprint density at radius 1 is 1.23 bits per heavy atom. The molecule has 4 rings (SSSR count). The number of benzene rings is 2. The molecule has 156 valence electrons. The molecular formula is C22H18N4O5. The number of pyridine rings is 1. The number of amides is 1. The number of nitrogens with zero attached hydrogens (tertiary/aromatic N) is 3. The number of anilines is 1. The fourth-order valence-corrected chi connectivity index (χ4v) is 3.16. The van der Waals surface area contributed by atoms with Crippen LogP contribution in [0, 0.1) is 17.0 Å². The Bertz CT molecular complexity index is 1270. The highest BCUT2D eigenvalue weighted by Crippen LogP contribution is 2.31. The molecule has 4 aromatic rings. The minimum absolute atomic E-state index is 0.117. The number of carbonyl (C=O) groups is 1. The highest BCUT2D eigenvalue weighted by molar-refractivity contribution is 6.05. The van der Waals surface area contributed by atoms with Crippen LogP contribution in [0.1, 0.15) is 22.8 Å². The third-order valence-corrected chi connectivity index (χ3v) is 4.70. The van der Waals surface area contributed by atoms with E-state index in [-0.39, 0.29) is 23.6 Å². The number of fused-ring (bicyclic) bond motifs is 1. The van der Waals surface area contributed by atoms with Crippen molar-refractivity contribution < 1.29 is 18.9 Å². The molecule has 0 fully saturated rings. The van der Waals surface area contributed by atoms with Gasteiger partial charge in [0, 0.05) is 29.1 Å². The van der Waals surface area contributed by atoms with Crippen molar-refractivity contribution in [3.05, 3.63) is 76.0 Å². The lowest BCUT2D eigenvalue weighted by molar-refractivity contribution is -0.385. The van der Waals surface area contributed by atoms with Gasteiger partial charge in [-0.3, -0.25) is 14.9 Å². The first-order valence-electron chi connectivity index (χ1n) is 9.52. The van der Waals surface area contributed by atoms with Crippen LogP contribution in [0.15, 0.2) is 59.1 Å². The van der Waals surface area contributed by atoms with Gasteiger partial charge in [-0.1, -0.05) is 6.07 Å². The van der Waals surface area contributed by atoms with Crippen LogP contribution in [0.4, 0.5) is 11.4 Å². The summed E-state index contributed by atoms with van der Waals surface area (Å²) in [6.45, 7) is 3.84. The van der Waals surface area contributed by atoms with E-state index in [0.717, 1.165) is 5.56 Å². The van der Waals surface area contributed by atoms with Crippen molar-refractivity contribution in [3.8, 4) is 17.2 Å². The van der Waals surface area contributed by atoms with Crippen LogP contribution in [-0.4, -0.2) is 27.4 Å². The van der Waals surface area contributed by atoms with E-state index in [1.165, 1.54) is 18.2 Å². The van der Waals surface area contributed by atoms with Crippen LogP contribution in [-0.2, 0) is 0 Å². The molecular weight excluding hydrogens is 400 g/mol. The van der Waals surface area contributed by atoms with Gasteiger partial charge in [0.05, 0.1) is 11.5 Å². The molecule has 0 spiro atoms. The fourth-order valence-electron chi connectivity index (χ4n) is 3.16. The molecule has 0 saturated carbocycles. The van der Waals surface area contributed by atoms with Crippen molar-refractivity contribution in [3.63, 3.8) is 0 Å². The monoisotopic (exact) mass is 418 g/mol. The largest absolute Gasteiger partial charge is 0.487 e. The maximum absolute atomic E-state index is 12.8. The molecule has 0 aliphatic rings. The fraction of sp³-hybridized carbons (Fsp3) is 0.136. The lowest BCUT2D eigenvalue weighted by Gasteiger charge is -2.11. The zero-order valence-corrected chi connectivity index (χ0v) is 16.8. The van der Waals surface area contributed by atoms with E-state index in [1.54, 1.807) is 37.4 Å². The first-order chi connectivity index (χ1) is 15.0. The Morgan fingerprint density at radius 2 is 2.06 bits per heavy atom. The molecule has 0 aliphatic carbocycles. The van der Waals surface area contributed by atoms with Gasteiger partial charge in [0.25, 0.3) is 5.91 Å². The first-order valence-corrected chi connectivity index (χ1v) is 9.52. The van der Waals surface area contributed by atoms with E-state index in [9.17, 15) is 14.9 Å². The van der Waals surface area contributed by atoms with E-state index >= 15 is 0 Å². The normalized spacial score (nSPS) is 10.8. The Morgan fingerprint density at radius 3 is 2.81 bits per heavy atom. The van der Waals surface area contributed by atoms with Gasteiger partial charge >= 0.3 is 5.69 Å². The molecule has 1 N–H and O–H groups in total. The molecule has 0 atom stereocenters. The molecule has 2 aromatic heterocycles. The Balaban J connectivity index is 1.64. The number of rotatable bonds is 6. The summed E-state index contributed by atoms with van der Waals surface area (Å²) in [6.07, 6.45) is 1.63. The topological polar surface area (TPSA) is 120 Å². The van der Waals surface area contributed by atoms with Crippen LogP contribution in [0.5, 0.6) is 5.75 Å². The summed E-state index contributed by atoms with van der Waals surface area (Å²) in [7, 11) is 0. The lowest BCUT2D eigenvalue weighted by atomic mass is 10.1. The molecule has 1 amide bonds. The molecule has 0 bridgehead atoms. The summed E-state index contributed by atoms with van der Waals surface area (Å²) in [4.78, 5) is 32.1. The van der Waals surface area contributed by atoms with Gasteiger partial charge in [-0.05, 0) is 55.8 Å². The van der Waals surface area contributed by atoms with Gasteiger partial charge in [0.15, 0.2) is 17.0 Å². The molecule has 2 heterocycles. The number of carbonyl (C=O) groups excluding carboxylic acids is 1. The zero-order valence-electron chi connectivity index (χ0n) is 16.8. The average molecular weight is 418 g/mol. The number of aromatic nitrogens is 2. The number of hydrogen-bond acceptors (Lipinski definition) is 7. The third-order valence-electron chi connectivity index (χ3n) is 4.70.